The molecular formula is C20H21N3OS. The molecule has 0 saturated carbocycles. The van der Waals surface area contributed by atoms with E-state index in [0.29, 0.717) is 0 Å². The minimum Gasteiger partial charge on any atom is -0.325 e. The lowest BCUT2D eigenvalue weighted by Gasteiger charge is -2.12. The maximum Gasteiger partial charge on any atom is 0.237 e. The smallest absolute Gasteiger partial charge is 0.237 e. The Kier molecular flexibility index (Phi) is 5.24. The largest absolute Gasteiger partial charge is 0.325 e. The van der Waals surface area contributed by atoms with Gasteiger partial charge in [0.1, 0.15) is 0 Å². The molecule has 1 heterocycles. The molecule has 128 valence electrons. The highest BCUT2D eigenvalue weighted by atomic mass is 32.2. The van der Waals surface area contributed by atoms with E-state index in [4.69, 9.17) is 0 Å². The molecule has 0 radical (unpaired) electrons. The highest BCUT2D eigenvalue weighted by Crippen LogP contribution is 2.27. The molecule has 5 heteroatoms. The van der Waals surface area contributed by atoms with Crippen molar-refractivity contribution in [1.29, 1.82) is 0 Å². The molecule has 0 fully saturated rings. The predicted molar refractivity (Wildman–Crippen MR) is 104 cm³/mol. The Balaban J connectivity index is 1.70. The highest BCUT2D eigenvalue weighted by Gasteiger charge is 2.18. The number of aromatic nitrogens is 2. The molecule has 0 aliphatic rings. The van der Waals surface area contributed by atoms with Crippen molar-refractivity contribution in [2.24, 2.45) is 7.05 Å². The van der Waals surface area contributed by atoms with Crippen LogP contribution in [0.15, 0.2) is 66.0 Å². The summed E-state index contributed by atoms with van der Waals surface area (Å²) < 4.78 is 2.02. The molecular weight excluding hydrogens is 330 g/mol. The minimum atomic E-state index is -0.245. The van der Waals surface area contributed by atoms with Gasteiger partial charge in [0, 0.05) is 12.7 Å². The normalized spacial score (nSPS) is 12.0. The average Bonchev–Trinajstić information content (AvgIpc) is 2.96. The van der Waals surface area contributed by atoms with E-state index in [0.717, 1.165) is 27.7 Å². The summed E-state index contributed by atoms with van der Waals surface area (Å²) in [6.07, 6.45) is 1.85. The van der Waals surface area contributed by atoms with E-state index >= 15 is 0 Å². The molecule has 0 bridgehead atoms. The summed E-state index contributed by atoms with van der Waals surface area (Å²) in [5.41, 5.74) is 4.09. The second-order valence-electron chi connectivity index (χ2n) is 5.97. The van der Waals surface area contributed by atoms with Crippen LogP contribution in [0, 0.1) is 6.92 Å². The van der Waals surface area contributed by atoms with Gasteiger partial charge in [0.25, 0.3) is 0 Å². The average molecular weight is 351 g/mol. The molecule has 1 unspecified atom stereocenters. The first-order valence-corrected chi connectivity index (χ1v) is 9.04. The maximum absolute atomic E-state index is 12.4. The number of thioether (sulfide) groups is 1. The van der Waals surface area contributed by atoms with Crippen LogP contribution in [0.2, 0.25) is 0 Å². The van der Waals surface area contributed by atoms with Crippen LogP contribution >= 0.6 is 11.8 Å². The SMILES string of the molecule is Cc1cccc(NC(=O)C(C)Sc2ncc(-c3ccccc3)n2C)c1. The third kappa shape index (κ3) is 4.12. The predicted octanol–water partition coefficient (Wildman–Crippen LogP) is 4.51. The number of carbonyl (C=O) groups is 1. The molecule has 2 aromatic carbocycles. The second-order valence-corrected chi connectivity index (χ2v) is 7.28. The zero-order valence-corrected chi connectivity index (χ0v) is 15.4. The first-order valence-electron chi connectivity index (χ1n) is 8.16. The zero-order valence-electron chi connectivity index (χ0n) is 14.6. The fourth-order valence-corrected chi connectivity index (χ4v) is 3.41. The van der Waals surface area contributed by atoms with Gasteiger partial charge in [-0.25, -0.2) is 4.98 Å². The summed E-state index contributed by atoms with van der Waals surface area (Å²) >= 11 is 1.46. The van der Waals surface area contributed by atoms with E-state index in [9.17, 15) is 4.79 Å². The van der Waals surface area contributed by atoms with Crippen LogP contribution < -0.4 is 5.32 Å². The summed E-state index contributed by atoms with van der Waals surface area (Å²) in [5.74, 6) is -0.0279. The van der Waals surface area contributed by atoms with Crippen molar-refractivity contribution in [1.82, 2.24) is 9.55 Å². The summed E-state index contributed by atoms with van der Waals surface area (Å²) in [5, 5.41) is 3.54. The van der Waals surface area contributed by atoms with Crippen molar-refractivity contribution >= 4 is 23.4 Å². The highest BCUT2D eigenvalue weighted by molar-refractivity contribution is 8.00. The van der Waals surface area contributed by atoms with Crippen molar-refractivity contribution < 1.29 is 4.79 Å². The first-order chi connectivity index (χ1) is 12.0. The van der Waals surface area contributed by atoms with Gasteiger partial charge in [-0.2, -0.15) is 0 Å². The molecule has 4 nitrogen and oxygen atoms in total. The van der Waals surface area contributed by atoms with Crippen molar-refractivity contribution in [2.45, 2.75) is 24.3 Å². The Morgan fingerprint density at radius 3 is 2.64 bits per heavy atom. The molecule has 0 spiro atoms. The topological polar surface area (TPSA) is 46.9 Å². The van der Waals surface area contributed by atoms with Crippen LogP contribution in [0.25, 0.3) is 11.3 Å². The summed E-state index contributed by atoms with van der Waals surface area (Å²) in [6, 6.07) is 17.9. The summed E-state index contributed by atoms with van der Waals surface area (Å²) in [7, 11) is 1.98. The number of hydrogen-bond donors (Lipinski definition) is 1. The Bertz CT molecular complexity index is 874. The van der Waals surface area contributed by atoms with Crippen LogP contribution in [0.5, 0.6) is 0 Å². The third-order valence-corrected chi connectivity index (χ3v) is 5.11. The Morgan fingerprint density at radius 1 is 1.16 bits per heavy atom. The Hall–Kier alpha value is -2.53. The third-order valence-electron chi connectivity index (χ3n) is 3.95. The van der Waals surface area contributed by atoms with Crippen molar-refractivity contribution in [3.05, 3.63) is 66.4 Å². The lowest BCUT2D eigenvalue weighted by atomic mass is 10.2. The monoisotopic (exact) mass is 351 g/mol. The van der Waals surface area contributed by atoms with Crippen LogP contribution in [0.4, 0.5) is 5.69 Å². The standard InChI is InChI=1S/C20H21N3OS/c1-14-8-7-11-17(12-14)22-19(24)15(2)25-20-21-13-18(23(20)3)16-9-5-4-6-10-16/h4-13,15H,1-3H3,(H,22,24). The number of anilines is 1. The maximum atomic E-state index is 12.4. The van der Waals surface area contributed by atoms with E-state index in [2.05, 4.69) is 22.4 Å². The Morgan fingerprint density at radius 2 is 1.92 bits per heavy atom. The fourth-order valence-electron chi connectivity index (χ4n) is 2.56. The number of hydrogen-bond acceptors (Lipinski definition) is 3. The van der Waals surface area contributed by atoms with Crippen LogP contribution in [0.1, 0.15) is 12.5 Å². The quantitative estimate of drug-likeness (QED) is 0.688. The van der Waals surface area contributed by atoms with Crippen molar-refractivity contribution in [3.8, 4) is 11.3 Å². The molecule has 0 aliphatic heterocycles. The molecule has 1 atom stereocenters. The summed E-state index contributed by atoms with van der Waals surface area (Å²) in [6.45, 7) is 3.90. The molecule has 25 heavy (non-hydrogen) atoms. The molecule has 1 aromatic heterocycles. The first kappa shape index (κ1) is 17.3. The van der Waals surface area contributed by atoms with Gasteiger partial charge in [0.15, 0.2) is 5.16 Å². The number of nitrogens with zero attached hydrogens (tertiary/aromatic N) is 2. The number of carbonyl (C=O) groups excluding carboxylic acids is 1. The van der Waals surface area contributed by atoms with E-state index in [1.54, 1.807) is 0 Å². The van der Waals surface area contributed by atoms with Gasteiger partial charge in [-0.3, -0.25) is 4.79 Å². The molecule has 0 saturated heterocycles. The Labute approximate surface area is 152 Å². The molecule has 3 aromatic rings. The van der Waals surface area contributed by atoms with Gasteiger partial charge in [-0.1, -0.05) is 54.2 Å². The number of amides is 1. The summed E-state index contributed by atoms with van der Waals surface area (Å²) in [4.78, 5) is 16.9. The van der Waals surface area contributed by atoms with E-state index in [1.807, 2.05) is 74.1 Å². The second kappa shape index (κ2) is 7.57. The lowest BCUT2D eigenvalue weighted by molar-refractivity contribution is -0.115. The lowest BCUT2D eigenvalue weighted by Crippen LogP contribution is -2.22. The van der Waals surface area contributed by atoms with Crippen LogP contribution in [-0.4, -0.2) is 20.7 Å². The number of benzene rings is 2. The number of aryl methyl sites for hydroxylation is 1. The molecule has 1 N–H and O–H groups in total. The number of rotatable bonds is 5. The van der Waals surface area contributed by atoms with Gasteiger partial charge >= 0.3 is 0 Å². The number of nitrogens with one attached hydrogen (secondary N) is 1. The molecule has 0 aliphatic carbocycles. The van der Waals surface area contributed by atoms with E-state index in [-0.39, 0.29) is 11.2 Å². The zero-order chi connectivity index (χ0) is 17.8. The fraction of sp³-hybridized carbons (Fsp3) is 0.200. The molecule has 3 rings (SSSR count). The molecule has 1 amide bonds. The van der Waals surface area contributed by atoms with Gasteiger partial charge in [-0.05, 0) is 37.1 Å². The van der Waals surface area contributed by atoms with Crippen LogP contribution in [-0.2, 0) is 11.8 Å². The van der Waals surface area contributed by atoms with Crippen molar-refractivity contribution in [2.75, 3.05) is 5.32 Å². The minimum absolute atomic E-state index is 0.0279. The van der Waals surface area contributed by atoms with E-state index in [1.165, 1.54) is 11.8 Å². The van der Waals surface area contributed by atoms with Gasteiger partial charge < -0.3 is 9.88 Å². The van der Waals surface area contributed by atoms with Gasteiger partial charge in [-0.15, -0.1) is 0 Å². The number of imidazole rings is 1. The van der Waals surface area contributed by atoms with Crippen LogP contribution in [0.3, 0.4) is 0 Å². The van der Waals surface area contributed by atoms with E-state index < -0.39 is 0 Å². The van der Waals surface area contributed by atoms with Crippen molar-refractivity contribution in [3.63, 3.8) is 0 Å². The van der Waals surface area contributed by atoms with Gasteiger partial charge in [0.2, 0.25) is 5.91 Å². The van der Waals surface area contributed by atoms with Gasteiger partial charge in [0.05, 0.1) is 17.1 Å².